The van der Waals surface area contributed by atoms with Crippen molar-refractivity contribution in [3.05, 3.63) is 65.7 Å². The maximum Gasteiger partial charge on any atom is 0.246 e. The van der Waals surface area contributed by atoms with Crippen molar-refractivity contribution in [3.63, 3.8) is 0 Å². The highest BCUT2D eigenvalue weighted by Gasteiger charge is 2.48. The average Bonchev–Trinajstić information content (AvgIpc) is 2.78. The maximum absolute atomic E-state index is 13.0. The van der Waals surface area contributed by atoms with Gasteiger partial charge in [0.2, 0.25) is 5.91 Å². The van der Waals surface area contributed by atoms with Gasteiger partial charge in [0.25, 0.3) is 0 Å². The molecule has 4 rings (SSSR count). The number of fused-ring (bicyclic) bond motifs is 2. The summed E-state index contributed by atoms with van der Waals surface area (Å²) < 4.78 is 5.24. The molecular formula is C19H20N2O2. The van der Waals surface area contributed by atoms with Gasteiger partial charge < -0.3 is 9.64 Å². The van der Waals surface area contributed by atoms with Crippen LogP contribution in [-0.2, 0) is 4.79 Å². The van der Waals surface area contributed by atoms with Crippen LogP contribution in [0.2, 0.25) is 0 Å². The van der Waals surface area contributed by atoms with E-state index in [0.29, 0.717) is 0 Å². The van der Waals surface area contributed by atoms with Crippen molar-refractivity contribution in [2.24, 2.45) is 0 Å². The summed E-state index contributed by atoms with van der Waals surface area (Å²) in [4.78, 5) is 17.3. The number of hydrogen-bond donors (Lipinski definition) is 0. The first-order valence-corrected chi connectivity index (χ1v) is 8.05. The molecule has 3 atom stereocenters. The molecule has 4 nitrogen and oxygen atoms in total. The smallest absolute Gasteiger partial charge is 0.246 e. The summed E-state index contributed by atoms with van der Waals surface area (Å²) >= 11 is 0. The fourth-order valence-electron chi connectivity index (χ4n) is 3.76. The molecule has 2 fully saturated rings. The molecule has 0 radical (unpaired) electrons. The summed E-state index contributed by atoms with van der Waals surface area (Å²) in [6, 6.07) is 18.0. The molecular weight excluding hydrogens is 288 g/mol. The highest BCUT2D eigenvalue weighted by atomic mass is 16.5. The SMILES string of the molecule is COc1ccc([C@@H]2N3CCCN2[C@H](c2ccccc2)C3=O)cc1. The second-order valence-corrected chi connectivity index (χ2v) is 6.08. The molecule has 0 N–H and O–H groups in total. The van der Waals surface area contributed by atoms with E-state index >= 15 is 0 Å². The van der Waals surface area contributed by atoms with Crippen molar-refractivity contribution in [1.29, 1.82) is 0 Å². The van der Waals surface area contributed by atoms with Crippen LogP contribution in [0.4, 0.5) is 0 Å². The molecule has 2 heterocycles. The van der Waals surface area contributed by atoms with Crippen LogP contribution in [0, 0.1) is 0 Å². The van der Waals surface area contributed by atoms with E-state index in [4.69, 9.17) is 4.74 Å². The molecule has 0 aromatic heterocycles. The van der Waals surface area contributed by atoms with Gasteiger partial charge >= 0.3 is 0 Å². The molecule has 2 bridgehead atoms. The molecule has 23 heavy (non-hydrogen) atoms. The molecule has 2 saturated heterocycles. The maximum atomic E-state index is 13.0. The monoisotopic (exact) mass is 308 g/mol. The summed E-state index contributed by atoms with van der Waals surface area (Å²) in [7, 11) is 1.67. The third-order valence-electron chi connectivity index (χ3n) is 4.80. The van der Waals surface area contributed by atoms with Crippen LogP contribution < -0.4 is 4.74 Å². The number of nitrogens with zero attached hydrogens (tertiary/aromatic N) is 2. The molecule has 118 valence electrons. The fraction of sp³-hybridized carbons (Fsp3) is 0.316. The van der Waals surface area contributed by atoms with Gasteiger partial charge in [-0.1, -0.05) is 42.5 Å². The lowest BCUT2D eigenvalue weighted by molar-refractivity contribution is -0.130. The molecule has 2 aliphatic rings. The summed E-state index contributed by atoms with van der Waals surface area (Å²) in [5.74, 6) is 1.06. The minimum Gasteiger partial charge on any atom is -0.497 e. The molecule has 0 saturated carbocycles. The molecule has 0 aliphatic carbocycles. The minimum absolute atomic E-state index is 0.0346. The highest BCUT2D eigenvalue weighted by Crippen LogP contribution is 2.44. The number of rotatable bonds is 3. The number of amides is 1. The Morgan fingerprint density at radius 1 is 0.957 bits per heavy atom. The summed E-state index contributed by atoms with van der Waals surface area (Å²) in [5, 5.41) is 0. The third-order valence-corrected chi connectivity index (χ3v) is 4.80. The molecule has 2 aromatic rings. The number of carbonyl (C=O) groups is 1. The van der Waals surface area contributed by atoms with E-state index in [-0.39, 0.29) is 18.1 Å². The van der Waals surface area contributed by atoms with Crippen molar-refractivity contribution >= 4 is 5.91 Å². The van der Waals surface area contributed by atoms with Gasteiger partial charge in [-0.2, -0.15) is 0 Å². The van der Waals surface area contributed by atoms with Crippen molar-refractivity contribution in [3.8, 4) is 5.75 Å². The minimum atomic E-state index is -0.161. The van der Waals surface area contributed by atoms with Crippen LogP contribution >= 0.6 is 0 Å². The Morgan fingerprint density at radius 3 is 2.39 bits per heavy atom. The van der Waals surface area contributed by atoms with Crippen LogP contribution in [0.15, 0.2) is 54.6 Å². The Balaban J connectivity index is 1.72. The number of carbonyl (C=O) groups excluding carboxylic acids is 1. The predicted octanol–water partition coefficient (Wildman–Crippen LogP) is 2.98. The lowest BCUT2D eigenvalue weighted by Crippen LogP contribution is -2.39. The zero-order valence-electron chi connectivity index (χ0n) is 13.2. The average molecular weight is 308 g/mol. The summed E-state index contributed by atoms with van der Waals surface area (Å²) in [5.41, 5.74) is 2.23. The zero-order chi connectivity index (χ0) is 15.8. The zero-order valence-corrected chi connectivity index (χ0v) is 13.2. The molecule has 0 spiro atoms. The van der Waals surface area contributed by atoms with Crippen molar-refractivity contribution in [1.82, 2.24) is 9.80 Å². The van der Waals surface area contributed by atoms with Gasteiger partial charge in [0.15, 0.2) is 0 Å². The predicted molar refractivity (Wildman–Crippen MR) is 88.0 cm³/mol. The Labute approximate surface area is 136 Å². The first-order valence-electron chi connectivity index (χ1n) is 8.05. The van der Waals surface area contributed by atoms with Gasteiger partial charge in [-0.3, -0.25) is 9.69 Å². The second kappa shape index (κ2) is 5.70. The Morgan fingerprint density at radius 2 is 1.70 bits per heavy atom. The van der Waals surface area contributed by atoms with E-state index in [0.717, 1.165) is 36.4 Å². The number of hydrogen-bond acceptors (Lipinski definition) is 3. The molecule has 2 aliphatic heterocycles. The van der Waals surface area contributed by atoms with Gasteiger partial charge in [-0.15, -0.1) is 0 Å². The number of benzene rings is 2. The van der Waals surface area contributed by atoms with Crippen LogP contribution in [0.1, 0.15) is 29.8 Å². The van der Waals surface area contributed by atoms with Gasteiger partial charge in [0, 0.05) is 13.1 Å². The number of methoxy groups -OCH3 is 1. The van der Waals surface area contributed by atoms with Crippen LogP contribution in [0.25, 0.3) is 0 Å². The summed E-state index contributed by atoms with van der Waals surface area (Å²) in [6.07, 6.45) is 1.06. The lowest BCUT2D eigenvalue weighted by Gasteiger charge is -2.36. The first kappa shape index (κ1) is 14.3. The van der Waals surface area contributed by atoms with E-state index in [2.05, 4.69) is 29.2 Å². The summed E-state index contributed by atoms with van der Waals surface area (Å²) in [6.45, 7) is 1.77. The van der Waals surface area contributed by atoms with Crippen molar-refractivity contribution < 1.29 is 9.53 Å². The molecule has 1 unspecified atom stereocenters. The molecule has 1 amide bonds. The standard InChI is InChI=1S/C19H20N2O2/c1-23-16-10-8-15(9-11-16)18-20-12-5-13-21(18)19(22)17(20)14-6-3-2-4-7-14/h2-4,6-11,17-18H,5,12-13H2,1H3/t17-,18+/m1/s1. The first-order chi connectivity index (χ1) is 11.3. The van der Waals surface area contributed by atoms with Gasteiger partial charge in [0.05, 0.1) is 7.11 Å². The van der Waals surface area contributed by atoms with E-state index in [1.807, 2.05) is 35.2 Å². The normalized spacial score (nSPS) is 26.4. The van der Waals surface area contributed by atoms with Crippen molar-refractivity contribution in [2.45, 2.75) is 18.6 Å². The van der Waals surface area contributed by atoms with E-state index < -0.39 is 0 Å². The van der Waals surface area contributed by atoms with E-state index in [1.165, 1.54) is 0 Å². The van der Waals surface area contributed by atoms with Gasteiger partial charge in [0.1, 0.15) is 18.0 Å². The fourth-order valence-corrected chi connectivity index (χ4v) is 3.76. The van der Waals surface area contributed by atoms with E-state index in [9.17, 15) is 4.79 Å². The van der Waals surface area contributed by atoms with Crippen LogP contribution in [0.3, 0.4) is 0 Å². The lowest BCUT2D eigenvalue weighted by atomic mass is 10.0. The molecule has 4 heteroatoms. The van der Waals surface area contributed by atoms with Crippen molar-refractivity contribution in [2.75, 3.05) is 20.2 Å². The third kappa shape index (κ3) is 2.30. The molecule has 2 aromatic carbocycles. The quantitative estimate of drug-likeness (QED) is 0.874. The Hall–Kier alpha value is -2.33. The van der Waals surface area contributed by atoms with Crippen LogP contribution in [0.5, 0.6) is 5.75 Å². The number of ether oxygens (including phenoxy) is 1. The Kier molecular flexibility index (Phi) is 3.54. The second-order valence-electron chi connectivity index (χ2n) is 6.08. The Bertz CT molecular complexity index is 699. The van der Waals surface area contributed by atoms with Gasteiger partial charge in [-0.25, -0.2) is 0 Å². The van der Waals surface area contributed by atoms with E-state index in [1.54, 1.807) is 7.11 Å². The largest absolute Gasteiger partial charge is 0.497 e. The topological polar surface area (TPSA) is 32.8 Å². The van der Waals surface area contributed by atoms with Gasteiger partial charge in [-0.05, 0) is 29.7 Å². The highest BCUT2D eigenvalue weighted by molar-refractivity contribution is 5.86. The van der Waals surface area contributed by atoms with Crippen LogP contribution in [-0.4, -0.2) is 35.9 Å².